The Labute approximate surface area is 169 Å². The van der Waals surface area contributed by atoms with Crippen LogP contribution >= 0.6 is 0 Å². The number of ether oxygens (including phenoxy) is 2. The standard InChI is InChI=1S/C24H24O5/c1-16(2)22(25)28-15-24(3,4)14-27-19-11-10-18-12-20(17-8-6-5-7-9-17)23(26)29-21(18)13-19/h5-13H,1,14-15H2,2-4H3. The molecule has 0 aliphatic carbocycles. The lowest BCUT2D eigenvalue weighted by molar-refractivity contribution is -0.142. The molecule has 0 atom stereocenters. The molecule has 2 aromatic carbocycles. The van der Waals surface area contributed by atoms with E-state index < -0.39 is 17.0 Å². The first kappa shape index (κ1) is 20.4. The lowest BCUT2D eigenvalue weighted by Crippen LogP contribution is -2.28. The average molecular weight is 392 g/mol. The van der Waals surface area contributed by atoms with Crippen molar-refractivity contribution in [1.29, 1.82) is 0 Å². The summed E-state index contributed by atoms with van der Waals surface area (Å²) in [6, 6.07) is 16.6. The SMILES string of the molecule is C=C(C)C(=O)OCC(C)(C)COc1ccc2cc(-c3ccccc3)c(=O)oc2c1. The molecule has 0 aliphatic heterocycles. The van der Waals surface area contributed by atoms with Gasteiger partial charge in [0.1, 0.15) is 11.3 Å². The second-order valence-corrected chi connectivity index (χ2v) is 7.82. The van der Waals surface area contributed by atoms with Crippen LogP contribution in [-0.2, 0) is 9.53 Å². The van der Waals surface area contributed by atoms with Gasteiger partial charge in [0.25, 0.3) is 0 Å². The number of rotatable bonds is 7. The smallest absolute Gasteiger partial charge is 0.344 e. The van der Waals surface area contributed by atoms with Crippen LogP contribution in [0.3, 0.4) is 0 Å². The van der Waals surface area contributed by atoms with E-state index in [1.165, 1.54) is 0 Å². The maximum Gasteiger partial charge on any atom is 0.344 e. The Balaban J connectivity index is 1.74. The van der Waals surface area contributed by atoms with Gasteiger partial charge in [-0.1, -0.05) is 50.8 Å². The number of hydrogen-bond acceptors (Lipinski definition) is 5. The molecule has 0 saturated carbocycles. The predicted molar refractivity (Wildman–Crippen MR) is 113 cm³/mol. The highest BCUT2D eigenvalue weighted by Crippen LogP contribution is 2.26. The van der Waals surface area contributed by atoms with Crippen molar-refractivity contribution in [3.05, 3.63) is 77.2 Å². The van der Waals surface area contributed by atoms with E-state index in [2.05, 4.69) is 6.58 Å². The Hall–Kier alpha value is -3.34. The van der Waals surface area contributed by atoms with Crippen LogP contribution in [0.2, 0.25) is 0 Å². The monoisotopic (exact) mass is 392 g/mol. The zero-order valence-corrected chi connectivity index (χ0v) is 16.9. The fourth-order valence-corrected chi connectivity index (χ4v) is 2.70. The van der Waals surface area contributed by atoms with E-state index in [4.69, 9.17) is 13.9 Å². The lowest BCUT2D eigenvalue weighted by atomic mass is 9.96. The van der Waals surface area contributed by atoms with E-state index >= 15 is 0 Å². The topological polar surface area (TPSA) is 65.7 Å². The number of carbonyl (C=O) groups is 1. The zero-order valence-electron chi connectivity index (χ0n) is 16.9. The van der Waals surface area contributed by atoms with Crippen molar-refractivity contribution in [2.75, 3.05) is 13.2 Å². The normalized spacial score (nSPS) is 11.3. The van der Waals surface area contributed by atoms with E-state index in [-0.39, 0.29) is 6.61 Å². The molecule has 29 heavy (non-hydrogen) atoms. The molecule has 1 heterocycles. The molecule has 0 amide bonds. The van der Waals surface area contributed by atoms with Crippen LogP contribution in [0.1, 0.15) is 20.8 Å². The van der Waals surface area contributed by atoms with Crippen molar-refractivity contribution in [1.82, 2.24) is 0 Å². The number of hydrogen-bond donors (Lipinski definition) is 0. The van der Waals surface area contributed by atoms with Crippen molar-refractivity contribution in [3.8, 4) is 16.9 Å². The molecule has 5 nitrogen and oxygen atoms in total. The third-order valence-corrected chi connectivity index (χ3v) is 4.36. The van der Waals surface area contributed by atoms with E-state index in [1.807, 2.05) is 62.4 Å². The Morgan fingerprint density at radius 1 is 1.07 bits per heavy atom. The molecule has 0 bridgehead atoms. The minimum Gasteiger partial charge on any atom is -0.493 e. The summed E-state index contributed by atoms with van der Waals surface area (Å²) in [5.41, 5.74) is 1.37. The fourth-order valence-electron chi connectivity index (χ4n) is 2.70. The molecule has 0 fully saturated rings. The van der Waals surface area contributed by atoms with E-state index in [0.29, 0.717) is 29.1 Å². The van der Waals surface area contributed by atoms with Gasteiger partial charge < -0.3 is 13.9 Å². The number of fused-ring (bicyclic) bond motifs is 1. The summed E-state index contributed by atoms with van der Waals surface area (Å²) in [5.74, 6) is 0.159. The first-order chi connectivity index (χ1) is 13.7. The maximum absolute atomic E-state index is 12.4. The average Bonchev–Trinajstić information content (AvgIpc) is 2.70. The Bertz CT molecular complexity index is 1090. The summed E-state index contributed by atoms with van der Waals surface area (Å²) in [5, 5.41) is 0.811. The summed E-state index contributed by atoms with van der Waals surface area (Å²) in [6.45, 7) is 9.59. The van der Waals surface area contributed by atoms with E-state index in [1.54, 1.807) is 13.0 Å². The third-order valence-electron chi connectivity index (χ3n) is 4.36. The van der Waals surface area contributed by atoms with Gasteiger partial charge in [-0.25, -0.2) is 9.59 Å². The summed E-state index contributed by atoms with van der Waals surface area (Å²) in [7, 11) is 0. The molecule has 5 heteroatoms. The van der Waals surface area contributed by atoms with Gasteiger partial charge in [-0.3, -0.25) is 0 Å². The molecule has 1 aromatic heterocycles. The minimum absolute atomic E-state index is 0.210. The molecule has 0 N–H and O–H groups in total. The first-order valence-corrected chi connectivity index (χ1v) is 9.34. The summed E-state index contributed by atoms with van der Waals surface area (Å²) in [4.78, 5) is 24.0. The molecule has 0 spiro atoms. The minimum atomic E-state index is -0.417. The molecule has 3 aromatic rings. The molecule has 150 valence electrons. The lowest BCUT2D eigenvalue weighted by Gasteiger charge is -2.24. The number of esters is 1. The van der Waals surface area contributed by atoms with Crippen molar-refractivity contribution in [3.63, 3.8) is 0 Å². The third kappa shape index (κ3) is 5.13. The van der Waals surface area contributed by atoms with Gasteiger partial charge in [0.2, 0.25) is 0 Å². The zero-order chi connectivity index (χ0) is 21.0. The van der Waals surface area contributed by atoms with Crippen LogP contribution < -0.4 is 10.4 Å². The van der Waals surface area contributed by atoms with Crippen LogP contribution in [0.5, 0.6) is 5.75 Å². The first-order valence-electron chi connectivity index (χ1n) is 9.34. The maximum atomic E-state index is 12.4. The van der Waals surface area contributed by atoms with Crippen molar-refractivity contribution >= 4 is 16.9 Å². The Kier molecular flexibility index (Phi) is 5.87. The quantitative estimate of drug-likeness (QED) is 0.322. The van der Waals surface area contributed by atoms with Gasteiger partial charge in [-0.05, 0) is 30.7 Å². The van der Waals surface area contributed by atoms with Crippen LogP contribution in [-0.4, -0.2) is 19.2 Å². The number of carbonyl (C=O) groups excluding carboxylic acids is 1. The van der Waals surface area contributed by atoms with E-state index in [0.717, 1.165) is 10.9 Å². The van der Waals surface area contributed by atoms with Crippen LogP contribution in [0.25, 0.3) is 22.1 Å². The Morgan fingerprint density at radius 3 is 2.48 bits per heavy atom. The van der Waals surface area contributed by atoms with Gasteiger partial charge >= 0.3 is 11.6 Å². The van der Waals surface area contributed by atoms with Gasteiger partial charge in [0, 0.05) is 22.4 Å². The largest absolute Gasteiger partial charge is 0.493 e. The molecule has 0 radical (unpaired) electrons. The van der Waals surface area contributed by atoms with Crippen molar-refractivity contribution < 1.29 is 18.7 Å². The molecular weight excluding hydrogens is 368 g/mol. The second kappa shape index (κ2) is 8.35. The molecule has 0 unspecified atom stereocenters. The molecule has 3 rings (SSSR count). The number of benzene rings is 2. The van der Waals surface area contributed by atoms with Gasteiger partial charge in [-0.2, -0.15) is 0 Å². The second-order valence-electron chi connectivity index (χ2n) is 7.82. The summed E-state index contributed by atoms with van der Waals surface area (Å²) in [6.07, 6.45) is 0. The fraction of sp³-hybridized carbons (Fsp3) is 0.250. The van der Waals surface area contributed by atoms with Crippen molar-refractivity contribution in [2.24, 2.45) is 5.41 Å². The van der Waals surface area contributed by atoms with Gasteiger partial charge in [0.15, 0.2) is 0 Å². The van der Waals surface area contributed by atoms with Gasteiger partial charge in [0.05, 0.1) is 18.8 Å². The molecule has 0 saturated heterocycles. The van der Waals surface area contributed by atoms with Crippen LogP contribution in [0.15, 0.2) is 76.0 Å². The highest BCUT2D eigenvalue weighted by atomic mass is 16.5. The summed E-state index contributed by atoms with van der Waals surface area (Å²) >= 11 is 0. The highest BCUT2D eigenvalue weighted by molar-refractivity contribution is 5.87. The van der Waals surface area contributed by atoms with Gasteiger partial charge in [-0.15, -0.1) is 0 Å². The molecular formula is C24H24O5. The predicted octanol–water partition coefficient (Wildman–Crippen LogP) is 4.98. The molecule has 0 aliphatic rings. The van der Waals surface area contributed by atoms with Crippen LogP contribution in [0.4, 0.5) is 0 Å². The highest BCUT2D eigenvalue weighted by Gasteiger charge is 2.22. The Morgan fingerprint density at radius 2 is 1.79 bits per heavy atom. The van der Waals surface area contributed by atoms with E-state index in [9.17, 15) is 9.59 Å². The van der Waals surface area contributed by atoms with Crippen LogP contribution in [0, 0.1) is 5.41 Å². The van der Waals surface area contributed by atoms with Crippen molar-refractivity contribution in [2.45, 2.75) is 20.8 Å². The summed E-state index contributed by atoms with van der Waals surface area (Å²) < 4.78 is 16.6.